The highest BCUT2D eigenvalue weighted by molar-refractivity contribution is 6.26. The van der Waals surface area contributed by atoms with Gasteiger partial charge in [-0.25, -0.2) is 4.90 Å². The van der Waals surface area contributed by atoms with Crippen LogP contribution in [0.4, 0.5) is 17.1 Å². The molecule has 0 radical (unpaired) electrons. The maximum Gasteiger partial charge on any atom is 0.274 e. The van der Waals surface area contributed by atoms with Crippen LogP contribution in [-0.4, -0.2) is 40.1 Å². The van der Waals surface area contributed by atoms with Crippen LogP contribution in [0.15, 0.2) is 36.4 Å². The standard InChI is InChI=1S/C25H24N4O5/c1-3-14-9-10-16-15(12-14)25(24(32)26-16)21-20(19-8-5-11-27(19)25)22(30)28(23(21)31)17-6-4-7-18(13(17)2)29(33)34/h4,6-7,9-10,12,19-21H,3,5,8,11H2,1-2H3,(H,26,32)/t19-,20-,21-,25+/m1/s1. The second kappa shape index (κ2) is 6.96. The summed E-state index contributed by atoms with van der Waals surface area (Å²) in [7, 11) is 0. The van der Waals surface area contributed by atoms with Gasteiger partial charge in [-0.1, -0.05) is 25.1 Å². The van der Waals surface area contributed by atoms with Crippen LogP contribution in [0.25, 0.3) is 0 Å². The molecule has 0 saturated carbocycles. The largest absolute Gasteiger partial charge is 0.324 e. The van der Waals surface area contributed by atoms with E-state index in [9.17, 15) is 24.5 Å². The van der Waals surface area contributed by atoms with Gasteiger partial charge in [0.15, 0.2) is 0 Å². The summed E-state index contributed by atoms with van der Waals surface area (Å²) in [5.74, 6) is -2.65. The lowest BCUT2D eigenvalue weighted by Gasteiger charge is -2.37. The number of hydrogen-bond donors (Lipinski definition) is 1. The number of carbonyl (C=O) groups excluding carboxylic acids is 3. The summed E-state index contributed by atoms with van der Waals surface area (Å²) in [5, 5.41) is 14.5. The molecule has 0 aliphatic carbocycles. The van der Waals surface area contributed by atoms with Crippen LogP contribution in [0.3, 0.4) is 0 Å². The Morgan fingerprint density at radius 3 is 2.71 bits per heavy atom. The molecule has 0 aromatic heterocycles. The monoisotopic (exact) mass is 460 g/mol. The fourth-order valence-electron chi connectivity index (χ4n) is 6.76. The highest BCUT2D eigenvalue weighted by Gasteiger charge is 2.74. The van der Waals surface area contributed by atoms with Crippen LogP contribution >= 0.6 is 0 Å². The Kier molecular flexibility index (Phi) is 4.29. The number of nitro groups is 1. The van der Waals surface area contributed by atoms with Crippen LogP contribution in [0, 0.1) is 28.9 Å². The van der Waals surface area contributed by atoms with Crippen molar-refractivity contribution in [3.05, 3.63) is 63.2 Å². The maximum atomic E-state index is 14.1. The quantitative estimate of drug-likeness (QED) is 0.428. The Morgan fingerprint density at radius 1 is 1.18 bits per heavy atom. The second-order valence-electron chi connectivity index (χ2n) is 9.55. The SMILES string of the molecule is CCc1ccc2c(c1)[C@@]1(C(=O)N2)[C@H]2C(=O)N(c3cccc([N+](=O)[O-])c3C)C(=O)[C@@H]2[C@H]2CCCN21. The molecular weight excluding hydrogens is 436 g/mol. The van der Waals surface area contributed by atoms with Crippen molar-refractivity contribution in [2.45, 2.75) is 44.7 Å². The molecule has 2 aromatic rings. The second-order valence-corrected chi connectivity index (χ2v) is 9.55. The van der Waals surface area contributed by atoms with E-state index < -0.39 is 28.2 Å². The highest BCUT2D eigenvalue weighted by Crippen LogP contribution is 2.61. The molecule has 4 atom stereocenters. The number of carbonyl (C=O) groups is 3. The van der Waals surface area contributed by atoms with E-state index in [1.165, 1.54) is 12.1 Å². The summed E-state index contributed by atoms with van der Waals surface area (Å²) in [6, 6.07) is 10.0. The fraction of sp³-hybridized carbons (Fsp3) is 0.400. The summed E-state index contributed by atoms with van der Waals surface area (Å²) >= 11 is 0. The summed E-state index contributed by atoms with van der Waals surface area (Å²) in [6.45, 7) is 4.22. The van der Waals surface area contributed by atoms with Crippen LogP contribution in [0.2, 0.25) is 0 Å². The molecule has 34 heavy (non-hydrogen) atoms. The number of imide groups is 1. The minimum absolute atomic E-state index is 0.149. The predicted molar refractivity (Wildman–Crippen MR) is 123 cm³/mol. The minimum atomic E-state index is -1.25. The predicted octanol–water partition coefficient (Wildman–Crippen LogP) is 2.90. The smallest absolute Gasteiger partial charge is 0.274 e. The first-order chi connectivity index (χ1) is 16.3. The number of fused-ring (bicyclic) bond motifs is 7. The third-order valence-electron chi connectivity index (χ3n) is 8.18. The van der Waals surface area contributed by atoms with E-state index in [1.807, 2.05) is 25.1 Å². The number of rotatable bonds is 3. The molecule has 1 spiro atoms. The van der Waals surface area contributed by atoms with E-state index >= 15 is 0 Å². The number of hydrogen-bond acceptors (Lipinski definition) is 6. The third-order valence-corrected chi connectivity index (χ3v) is 8.18. The first kappa shape index (κ1) is 21.0. The molecular formula is C25H24N4O5. The lowest BCUT2D eigenvalue weighted by atomic mass is 9.75. The van der Waals surface area contributed by atoms with E-state index in [1.54, 1.807) is 13.0 Å². The van der Waals surface area contributed by atoms with E-state index in [2.05, 4.69) is 10.2 Å². The van der Waals surface area contributed by atoms with E-state index in [-0.39, 0.29) is 34.8 Å². The van der Waals surface area contributed by atoms with E-state index in [4.69, 9.17) is 0 Å². The normalized spacial score (nSPS) is 29.5. The molecule has 1 N–H and O–H groups in total. The molecule has 9 heteroatoms. The summed E-state index contributed by atoms with van der Waals surface area (Å²) in [5.41, 5.74) is 1.58. The van der Waals surface area contributed by atoms with Gasteiger partial charge in [0, 0.05) is 23.4 Å². The highest BCUT2D eigenvalue weighted by atomic mass is 16.6. The molecule has 4 aliphatic rings. The fourth-order valence-corrected chi connectivity index (χ4v) is 6.76. The molecule has 174 valence electrons. The van der Waals surface area contributed by atoms with Gasteiger partial charge >= 0.3 is 0 Å². The number of amides is 3. The maximum absolute atomic E-state index is 14.1. The summed E-state index contributed by atoms with van der Waals surface area (Å²) < 4.78 is 0. The van der Waals surface area contributed by atoms with Crippen LogP contribution in [0.1, 0.15) is 36.5 Å². The first-order valence-electron chi connectivity index (χ1n) is 11.7. The molecule has 2 aromatic carbocycles. The van der Waals surface area contributed by atoms with Gasteiger partial charge in [-0.3, -0.25) is 29.4 Å². The van der Waals surface area contributed by atoms with Crippen LogP contribution in [0.5, 0.6) is 0 Å². The molecule has 0 unspecified atom stereocenters. The zero-order valence-corrected chi connectivity index (χ0v) is 18.9. The van der Waals surface area contributed by atoms with Crippen molar-refractivity contribution in [2.75, 3.05) is 16.8 Å². The topological polar surface area (TPSA) is 113 Å². The third kappa shape index (κ3) is 2.34. The molecule has 9 nitrogen and oxygen atoms in total. The first-order valence-corrected chi connectivity index (χ1v) is 11.7. The van der Waals surface area contributed by atoms with Crippen LogP contribution in [-0.2, 0) is 26.3 Å². The lowest BCUT2D eigenvalue weighted by molar-refractivity contribution is -0.385. The van der Waals surface area contributed by atoms with Crippen molar-refractivity contribution < 1.29 is 19.3 Å². The number of anilines is 2. The lowest BCUT2D eigenvalue weighted by Crippen LogP contribution is -2.54. The molecule has 3 saturated heterocycles. The van der Waals surface area contributed by atoms with E-state index in [0.717, 1.165) is 35.3 Å². The average Bonchev–Trinajstić information content (AvgIpc) is 3.52. The molecule has 4 aliphatic heterocycles. The Labute approximate surface area is 195 Å². The van der Waals surface area contributed by atoms with Gasteiger partial charge in [-0.05, 0) is 50.4 Å². The van der Waals surface area contributed by atoms with Crippen molar-refractivity contribution in [3.8, 4) is 0 Å². The van der Waals surface area contributed by atoms with Gasteiger partial charge in [-0.2, -0.15) is 0 Å². The number of nitrogens with zero attached hydrogens (tertiary/aromatic N) is 3. The minimum Gasteiger partial charge on any atom is -0.324 e. The molecule has 3 fully saturated rings. The molecule has 4 heterocycles. The summed E-state index contributed by atoms with van der Waals surface area (Å²) in [6.07, 6.45) is 2.34. The molecule has 3 amide bonds. The Balaban J connectivity index is 1.55. The van der Waals surface area contributed by atoms with Gasteiger partial charge in [-0.15, -0.1) is 0 Å². The zero-order valence-electron chi connectivity index (χ0n) is 18.9. The molecule has 6 rings (SSSR count). The van der Waals surface area contributed by atoms with Crippen molar-refractivity contribution in [1.82, 2.24) is 4.90 Å². The van der Waals surface area contributed by atoms with Gasteiger partial charge in [0.25, 0.3) is 5.69 Å². The Morgan fingerprint density at radius 2 is 1.97 bits per heavy atom. The van der Waals surface area contributed by atoms with Crippen LogP contribution < -0.4 is 10.2 Å². The van der Waals surface area contributed by atoms with Gasteiger partial charge in [0.2, 0.25) is 17.7 Å². The van der Waals surface area contributed by atoms with Crippen molar-refractivity contribution in [3.63, 3.8) is 0 Å². The Hall–Kier alpha value is -3.59. The number of nitro benzene ring substituents is 1. The average molecular weight is 460 g/mol. The van der Waals surface area contributed by atoms with Crippen molar-refractivity contribution in [2.24, 2.45) is 11.8 Å². The van der Waals surface area contributed by atoms with Gasteiger partial charge < -0.3 is 5.32 Å². The molecule has 0 bridgehead atoms. The van der Waals surface area contributed by atoms with E-state index in [0.29, 0.717) is 12.2 Å². The van der Waals surface area contributed by atoms with Crippen molar-refractivity contribution in [1.29, 1.82) is 0 Å². The van der Waals surface area contributed by atoms with Gasteiger partial charge in [0.05, 0.1) is 28.0 Å². The van der Waals surface area contributed by atoms with Gasteiger partial charge in [0.1, 0.15) is 5.54 Å². The zero-order chi connectivity index (χ0) is 23.9. The Bertz CT molecular complexity index is 1310. The number of aryl methyl sites for hydroxylation is 1. The number of benzene rings is 2. The number of nitrogens with one attached hydrogen (secondary N) is 1. The summed E-state index contributed by atoms with van der Waals surface area (Å²) in [4.78, 5) is 55.8. The van der Waals surface area contributed by atoms with Crippen molar-refractivity contribution >= 4 is 34.8 Å².